The first kappa shape index (κ1) is 22.7. The van der Waals surface area contributed by atoms with Crippen molar-refractivity contribution < 1.29 is 4.79 Å². The third-order valence-corrected chi connectivity index (χ3v) is 6.44. The largest absolute Gasteiger partial charge is 0.322 e. The maximum Gasteiger partial charge on any atom is 0.255 e. The first-order chi connectivity index (χ1) is 15.5. The molecule has 0 aliphatic carbocycles. The van der Waals surface area contributed by atoms with E-state index in [1.807, 2.05) is 59.3 Å². The smallest absolute Gasteiger partial charge is 0.255 e. The van der Waals surface area contributed by atoms with Crippen LogP contribution < -0.4 is 5.32 Å². The fourth-order valence-electron chi connectivity index (χ4n) is 3.70. The molecule has 4 rings (SSSR count). The number of hydrogen-bond acceptors (Lipinski definition) is 2. The van der Waals surface area contributed by atoms with Gasteiger partial charge in [-0.3, -0.25) is 4.79 Å². The van der Waals surface area contributed by atoms with Crippen molar-refractivity contribution in [3.63, 3.8) is 0 Å². The summed E-state index contributed by atoms with van der Waals surface area (Å²) in [6.45, 7) is 2.22. The van der Waals surface area contributed by atoms with E-state index in [2.05, 4.69) is 56.2 Å². The molecular weight excluding hydrogens is 530 g/mol. The van der Waals surface area contributed by atoms with Crippen molar-refractivity contribution >= 4 is 49.1 Å². The number of nitrogens with one attached hydrogen (secondary N) is 1. The van der Waals surface area contributed by atoms with Crippen molar-refractivity contribution in [1.82, 2.24) is 9.38 Å². The lowest BCUT2D eigenvalue weighted by atomic mass is 10.0. The Hall–Kier alpha value is -2.44. The van der Waals surface area contributed by atoms with Crippen molar-refractivity contribution in [1.29, 1.82) is 0 Å². The zero-order chi connectivity index (χ0) is 22.5. The Morgan fingerprint density at radius 1 is 1.00 bits per heavy atom. The van der Waals surface area contributed by atoms with Crippen LogP contribution in [0.1, 0.15) is 48.5 Å². The molecule has 1 amide bonds. The lowest BCUT2D eigenvalue weighted by Gasteiger charge is -2.08. The van der Waals surface area contributed by atoms with Crippen molar-refractivity contribution in [2.45, 2.75) is 39.0 Å². The Labute approximate surface area is 205 Å². The summed E-state index contributed by atoms with van der Waals surface area (Å²) in [5.74, 6) is -0.110. The summed E-state index contributed by atoms with van der Waals surface area (Å²) in [6.07, 6.45) is 9.99. The van der Waals surface area contributed by atoms with Gasteiger partial charge in [0.15, 0.2) is 5.65 Å². The van der Waals surface area contributed by atoms with Gasteiger partial charge in [0.2, 0.25) is 0 Å². The SMILES string of the molecule is CCCCCCc1ccc(C(=O)Nc2cccc(-c3cn4cc(Br)cc(Br)c4n3)c2)cc1. The fraction of sp³-hybridized carbons (Fsp3) is 0.231. The number of unbranched alkanes of at least 4 members (excludes halogenated alkanes) is 3. The lowest BCUT2D eigenvalue weighted by Crippen LogP contribution is -2.11. The Bertz CT molecular complexity index is 1230. The molecule has 0 bridgehead atoms. The monoisotopic (exact) mass is 553 g/mol. The molecular formula is C26H25Br2N3O. The minimum Gasteiger partial charge on any atom is -0.322 e. The van der Waals surface area contributed by atoms with Crippen LogP contribution in [0.2, 0.25) is 0 Å². The number of pyridine rings is 1. The first-order valence-electron chi connectivity index (χ1n) is 10.9. The average Bonchev–Trinajstić information content (AvgIpc) is 3.22. The molecule has 0 fully saturated rings. The highest BCUT2D eigenvalue weighted by Gasteiger charge is 2.11. The van der Waals surface area contributed by atoms with Gasteiger partial charge in [-0.15, -0.1) is 0 Å². The Morgan fingerprint density at radius 3 is 2.59 bits per heavy atom. The van der Waals surface area contributed by atoms with Gasteiger partial charge in [0.1, 0.15) is 0 Å². The van der Waals surface area contributed by atoms with Gasteiger partial charge in [-0.2, -0.15) is 0 Å². The summed E-state index contributed by atoms with van der Waals surface area (Å²) in [5, 5.41) is 3.01. The molecule has 0 aliphatic heterocycles. The summed E-state index contributed by atoms with van der Waals surface area (Å²) in [7, 11) is 0. The molecule has 1 N–H and O–H groups in total. The van der Waals surface area contributed by atoms with Crippen LogP contribution in [0, 0.1) is 0 Å². The van der Waals surface area contributed by atoms with Gasteiger partial charge in [0.25, 0.3) is 5.91 Å². The number of imidazole rings is 1. The number of amides is 1. The number of benzene rings is 2. The summed E-state index contributed by atoms with van der Waals surface area (Å²) in [6, 6.07) is 17.7. The first-order valence-corrected chi connectivity index (χ1v) is 12.5. The van der Waals surface area contributed by atoms with E-state index in [0.717, 1.165) is 38.0 Å². The van der Waals surface area contributed by atoms with E-state index in [4.69, 9.17) is 4.98 Å². The van der Waals surface area contributed by atoms with Crippen molar-refractivity contribution in [2.75, 3.05) is 5.32 Å². The zero-order valence-corrected chi connectivity index (χ0v) is 21.1. The number of anilines is 1. The molecule has 0 spiro atoms. The van der Waals surface area contributed by atoms with Gasteiger partial charge in [0.05, 0.1) is 10.2 Å². The van der Waals surface area contributed by atoms with Crippen LogP contribution in [0.5, 0.6) is 0 Å². The molecule has 2 aromatic heterocycles. The number of hydrogen-bond donors (Lipinski definition) is 1. The number of carbonyl (C=O) groups excluding carboxylic acids is 1. The summed E-state index contributed by atoms with van der Waals surface area (Å²) in [4.78, 5) is 17.5. The van der Waals surface area contributed by atoms with Crippen molar-refractivity contribution in [3.8, 4) is 11.3 Å². The number of aromatic nitrogens is 2. The van der Waals surface area contributed by atoms with E-state index in [1.54, 1.807) is 0 Å². The molecule has 0 unspecified atom stereocenters. The van der Waals surface area contributed by atoms with Crippen molar-refractivity contribution in [2.24, 2.45) is 0 Å². The number of fused-ring (bicyclic) bond motifs is 1. The van der Waals surface area contributed by atoms with E-state index in [9.17, 15) is 4.79 Å². The van der Waals surface area contributed by atoms with Gasteiger partial charge < -0.3 is 9.72 Å². The molecule has 0 saturated carbocycles. The third-order valence-electron chi connectivity index (χ3n) is 5.42. The predicted molar refractivity (Wildman–Crippen MR) is 138 cm³/mol. The Balaban J connectivity index is 1.46. The molecule has 164 valence electrons. The van der Waals surface area contributed by atoms with Crippen LogP contribution in [0.4, 0.5) is 5.69 Å². The minimum atomic E-state index is -0.110. The normalized spacial score (nSPS) is 11.1. The van der Waals surface area contributed by atoms with Crippen molar-refractivity contribution in [3.05, 3.63) is 87.1 Å². The van der Waals surface area contributed by atoms with Gasteiger partial charge in [-0.25, -0.2) is 4.98 Å². The number of carbonyl (C=O) groups is 1. The molecule has 0 atom stereocenters. The molecule has 32 heavy (non-hydrogen) atoms. The number of halogens is 2. The molecule has 0 radical (unpaired) electrons. The number of nitrogens with zero attached hydrogens (tertiary/aromatic N) is 2. The van der Waals surface area contributed by atoms with E-state index in [1.165, 1.54) is 31.2 Å². The maximum atomic E-state index is 12.8. The van der Waals surface area contributed by atoms with Crippen LogP contribution in [-0.4, -0.2) is 15.3 Å². The van der Waals surface area contributed by atoms with E-state index >= 15 is 0 Å². The molecule has 0 aliphatic rings. The van der Waals surface area contributed by atoms with Gasteiger partial charge in [-0.05, 0) is 80.6 Å². The van der Waals surface area contributed by atoms with E-state index in [0.29, 0.717) is 5.56 Å². The molecule has 4 aromatic rings. The second-order valence-corrected chi connectivity index (χ2v) is 9.68. The fourth-order valence-corrected chi connectivity index (χ4v) is 5.00. The highest BCUT2D eigenvalue weighted by molar-refractivity contribution is 9.11. The van der Waals surface area contributed by atoms with Gasteiger partial charge in [-0.1, -0.05) is 50.5 Å². The molecule has 6 heteroatoms. The van der Waals surface area contributed by atoms with Gasteiger partial charge >= 0.3 is 0 Å². The highest BCUT2D eigenvalue weighted by Crippen LogP contribution is 2.27. The molecule has 2 heterocycles. The summed E-state index contributed by atoms with van der Waals surface area (Å²) >= 11 is 7.07. The second kappa shape index (κ2) is 10.5. The lowest BCUT2D eigenvalue weighted by molar-refractivity contribution is 0.102. The minimum absolute atomic E-state index is 0.110. The highest BCUT2D eigenvalue weighted by atomic mass is 79.9. The maximum absolute atomic E-state index is 12.8. The zero-order valence-electron chi connectivity index (χ0n) is 17.9. The standard InChI is InChI=1S/C26H25Br2N3O/c1-2-3-4-5-7-18-10-12-19(13-11-18)26(32)29-22-9-6-8-20(14-22)24-17-31-16-21(27)15-23(28)25(31)30-24/h6,8-17H,2-5,7H2,1H3,(H,29,32). The topological polar surface area (TPSA) is 46.4 Å². The van der Waals surface area contributed by atoms with Crippen LogP contribution >= 0.6 is 31.9 Å². The number of aryl methyl sites for hydroxylation is 1. The summed E-state index contributed by atoms with van der Waals surface area (Å²) in [5.41, 5.74) is 5.31. The predicted octanol–water partition coefficient (Wildman–Crippen LogP) is 7.90. The molecule has 4 nitrogen and oxygen atoms in total. The van der Waals surface area contributed by atoms with Crippen LogP contribution in [0.3, 0.4) is 0 Å². The second-order valence-electron chi connectivity index (χ2n) is 7.91. The Morgan fingerprint density at radius 2 is 1.81 bits per heavy atom. The number of rotatable bonds is 8. The van der Waals surface area contributed by atoms with E-state index in [-0.39, 0.29) is 5.91 Å². The third kappa shape index (κ3) is 5.48. The summed E-state index contributed by atoms with van der Waals surface area (Å²) < 4.78 is 3.85. The van der Waals surface area contributed by atoms with E-state index < -0.39 is 0 Å². The quantitative estimate of drug-likeness (QED) is 0.225. The molecule has 2 aromatic carbocycles. The Kier molecular flexibility index (Phi) is 7.43. The van der Waals surface area contributed by atoms with Crippen LogP contribution in [0.25, 0.3) is 16.9 Å². The van der Waals surface area contributed by atoms with Gasteiger partial charge in [0, 0.05) is 33.7 Å². The van der Waals surface area contributed by atoms with Crippen LogP contribution in [0.15, 0.2) is 75.9 Å². The average molecular weight is 555 g/mol. The molecule has 0 saturated heterocycles. The van der Waals surface area contributed by atoms with Crippen LogP contribution in [-0.2, 0) is 6.42 Å².